The number of nitrogens with zero attached hydrogens (tertiary/aromatic N) is 3. The minimum Gasteiger partial charge on any atom is -0.496 e. The lowest BCUT2D eigenvalue weighted by molar-refractivity contribution is 0.412. The van der Waals surface area contributed by atoms with E-state index in [1.54, 1.807) is 13.4 Å². The summed E-state index contributed by atoms with van der Waals surface area (Å²) >= 11 is 0. The summed E-state index contributed by atoms with van der Waals surface area (Å²) in [7, 11) is 1.68. The quantitative estimate of drug-likeness (QED) is 0.880. The normalized spacial score (nSPS) is 10.8. The van der Waals surface area contributed by atoms with Crippen molar-refractivity contribution in [3.8, 4) is 5.75 Å². The highest BCUT2D eigenvalue weighted by Crippen LogP contribution is 2.21. The van der Waals surface area contributed by atoms with E-state index in [0.717, 1.165) is 29.4 Å². The maximum Gasteiger partial charge on any atom is 0.146 e. The Balaban J connectivity index is 2.02. The number of ether oxygens (including phenoxy) is 1. The molecule has 1 aromatic heterocycles. The lowest BCUT2D eigenvalue weighted by atomic mass is 10.2. The van der Waals surface area contributed by atoms with Crippen LogP contribution in [0.1, 0.15) is 25.2 Å². The van der Waals surface area contributed by atoms with E-state index in [0.29, 0.717) is 12.5 Å². The number of hydrogen-bond donors (Lipinski definition) is 1. The zero-order valence-corrected chi connectivity index (χ0v) is 12.6. The summed E-state index contributed by atoms with van der Waals surface area (Å²) in [4.78, 5) is 4.31. The smallest absolute Gasteiger partial charge is 0.146 e. The van der Waals surface area contributed by atoms with Crippen LogP contribution in [0.25, 0.3) is 0 Å². The van der Waals surface area contributed by atoms with Crippen molar-refractivity contribution >= 4 is 5.69 Å². The molecule has 1 aromatic carbocycles. The minimum absolute atomic E-state index is 0.554. The zero-order chi connectivity index (χ0) is 14.5. The Morgan fingerprint density at radius 2 is 2.15 bits per heavy atom. The van der Waals surface area contributed by atoms with Crippen LogP contribution in [0.5, 0.6) is 5.75 Å². The van der Waals surface area contributed by atoms with E-state index in [1.807, 2.05) is 23.7 Å². The minimum atomic E-state index is 0.554. The highest BCUT2D eigenvalue weighted by Gasteiger charge is 2.06. The van der Waals surface area contributed by atoms with Crippen LogP contribution in [0.4, 0.5) is 5.69 Å². The van der Waals surface area contributed by atoms with Gasteiger partial charge in [0.05, 0.1) is 13.7 Å². The largest absolute Gasteiger partial charge is 0.496 e. The van der Waals surface area contributed by atoms with Crippen molar-refractivity contribution in [2.24, 2.45) is 5.92 Å². The van der Waals surface area contributed by atoms with Crippen molar-refractivity contribution in [3.05, 3.63) is 35.9 Å². The molecule has 0 radical (unpaired) electrons. The number of aromatic nitrogens is 3. The first kappa shape index (κ1) is 14.4. The summed E-state index contributed by atoms with van der Waals surface area (Å²) < 4.78 is 7.21. The third kappa shape index (κ3) is 3.50. The van der Waals surface area contributed by atoms with E-state index in [2.05, 4.69) is 35.3 Å². The Labute approximate surface area is 120 Å². The van der Waals surface area contributed by atoms with Gasteiger partial charge in [0.15, 0.2) is 0 Å². The number of hydrogen-bond acceptors (Lipinski definition) is 4. The molecule has 20 heavy (non-hydrogen) atoms. The van der Waals surface area contributed by atoms with Crippen LogP contribution >= 0.6 is 0 Å². The van der Waals surface area contributed by atoms with E-state index in [-0.39, 0.29) is 0 Å². The zero-order valence-electron chi connectivity index (χ0n) is 12.6. The average molecular weight is 274 g/mol. The first-order valence-corrected chi connectivity index (χ1v) is 6.85. The average Bonchev–Trinajstić information content (AvgIpc) is 2.83. The maximum atomic E-state index is 5.26. The molecule has 5 heteroatoms. The summed E-state index contributed by atoms with van der Waals surface area (Å²) in [5, 5.41) is 7.63. The van der Waals surface area contributed by atoms with Crippen LogP contribution in [-0.2, 0) is 13.1 Å². The van der Waals surface area contributed by atoms with Gasteiger partial charge in [-0.25, -0.2) is 9.67 Å². The molecule has 2 rings (SSSR count). The molecule has 1 N–H and O–H groups in total. The summed E-state index contributed by atoms with van der Waals surface area (Å²) in [5.41, 5.74) is 2.17. The van der Waals surface area contributed by atoms with E-state index in [1.165, 1.54) is 0 Å². The van der Waals surface area contributed by atoms with Gasteiger partial charge >= 0.3 is 0 Å². The van der Waals surface area contributed by atoms with E-state index in [9.17, 15) is 0 Å². The van der Waals surface area contributed by atoms with Gasteiger partial charge in [0, 0.05) is 12.2 Å². The Morgan fingerprint density at radius 1 is 1.35 bits per heavy atom. The van der Waals surface area contributed by atoms with E-state index >= 15 is 0 Å². The molecule has 108 valence electrons. The molecule has 0 bridgehead atoms. The molecular weight excluding hydrogens is 252 g/mol. The molecular formula is C15H22N4O. The Kier molecular flexibility index (Phi) is 4.61. The van der Waals surface area contributed by atoms with Crippen molar-refractivity contribution < 1.29 is 4.74 Å². The number of aryl methyl sites for hydroxylation is 1. The summed E-state index contributed by atoms with van der Waals surface area (Å²) in [6.07, 6.45) is 1.61. The monoisotopic (exact) mass is 274 g/mol. The van der Waals surface area contributed by atoms with E-state index < -0.39 is 0 Å². The molecule has 0 fully saturated rings. The summed E-state index contributed by atoms with van der Waals surface area (Å²) in [6, 6.07) is 6.05. The molecule has 2 aromatic rings. The molecule has 0 atom stereocenters. The number of anilines is 1. The SMILES string of the molecule is COc1ccc(NCc2ncnn2CC(C)C)cc1C. The van der Waals surface area contributed by atoms with Crippen molar-refractivity contribution in [1.82, 2.24) is 14.8 Å². The number of methoxy groups -OCH3 is 1. The molecule has 0 aliphatic rings. The molecule has 0 spiro atoms. The molecule has 0 saturated heterocycles. The first-order valence-electron chi connectivity index (χ1n) is 6.85. The Bertz CT molecular complexity index is 563. The second-order valence-corrected chi connectivity index (χ2v) is 5.29. The fourth-order valence-electron chi connectivity index (χ4n) is 2.09. The summed E-state index contributed by atoms with van der Waals surface area (Å²) in [5.74, 6) is 2.41. The van der Waals surface area contributed by atoms with Crippen molar-refractivity contribution in [2.45, 2.75) is 33.9 Å². The Hall–Kier alpha value is -2.04. The van der Waals surface area contributed by atoms with Gasteiger partial charge in [-0.3, -0.25) is 0 Å². The Morgan fingerprint density at radius 3 is 2.80 bits per heavy atom. The lowest BCUT2D eigenvalue weighted by Crippen LogP contribution is -2.13. The third-order valence-corrected chi connectivity index (χ3v) is 3.08. The van der Waals surface area contributed by atoms with Crippen molar-refractivity contribution in [3.63, 3.8) is 0 Å². The highest BCUT2D eigenvalue weighted by molar-refractivity contribution is 5.50. The van der Waals surface area contributed by atoms with Crippen LogP contribution in [0, 0.1) is 12.8 Å². The molecule has 0 amide bonds. The lowest BCUT2D eigenvalue weighted by Gasteiger charge is -2.11. The molecule has 0 saturated carbocycles. The number of nitrogens with one attached hydrogen (secondary N) is 1. The van der Waals surface area contributed by atoms with Gasteiger partial charge in [-0.1, -0.05) is 13.8 Å². The fraction of sp³-hybridized carbons (Fsp3) is 0.467. The third-order valence-electron chi connectivity index (χ3n) is 3.08. The van der Waals surface area contributed by atoms with Gasteiger partial charge in [-0.15, -0.1) is 0 Å². The topological polar surface area (TPSA) is 52.0 Å². The van der Waals surface area contributed by atoms with Gasteiger partial charge in [0.25, 0.3) is 0 Å². The predicted octanol–water partition coefficient (Wildman–Crippen LogP) is 2.86. The molecule has 5 nitrogen and oxygen atoms in total. The van der Waals surface area contributed by atoms with Crippen LogP contribution in [0.2, 0.25) is 0 Å². The maximum absolute atomic E-state index is 5.26. The van der Waals surface area contributed by atoms with Gasteiger partial charge in [0.2, 0.25) is 0 Å². The van der Waals surface area contributed by atoms with Gasteiger partial charge < -0.3 is 10.1 Å². The van der Waals surface area contributed by atoms with Crippen molar-refractivity contribution in [1.29, 1.82) is 0 Å². The van der Waals surface area contributed by atoms with E-state index in [4.69, 9.17) is 4.74 Å². The van der Waals surface area contributed by atoms with Crippen LogP contribution in [0.3, 0.4) is 0 Å². The molecule has 0 aliphatic carbocycles. The van der Waals surface area contributed by atoms with Crippen LogP contribution < -0.4 is 10.1 Å². The van der Waals surface area contributed by atoms with Crippen LogP contribution in [0.15, 0.2) is 24.5 Å². The second kappa shape index (κ2) is 6.41. The van der Waals surface area contributed by atoms with Crippen molar-refractivity contribution in [2.75, 3.05) is 12.4 Å². The summed E-state index contributed by atoms with van der Waals surface area (Å²) in [6.45, 7) is 7.93. The second-order valence-electron chi connectivity index (χ2n) is 5.29. The highest BCUT2D eigenvalue weighted by atomic mass is 16.5. The molecule has 0 unspecified atom stereocenters. The van der Waals surface area contributed by atoms with Gasteiger partial charge in [0.1, 0.15) is 17.9 Å². The van der Waals surface area contributed by atoms with Gasteiger partial charge in [-0.2, -0.15) is 5.10 Å². The van der Waals surface area contributed by atoms with Gasteiger partial charge in [-0.05, 0) is 36.6 Å². The predicted molar refractivity (Wildman–Crippen MR) is 79.9 cm³/mol. The number of benzene rings is 1. The molecule has 0 aliphatic heterocycles. The fourth-order valence-corrected chi connectivity index (χ4v) is 2.09. The standard InChI is InChI=1S/C15H22N4O/c1-11(2)9-19-15(17-10-18-19)8-16-13-5-6-14(20-4)12(3)7-13/h5-7,10-11,16H,8-9H2,1-4H3. The molecule has 1 heterocycles. The number of rotatable bonds is 6. The van der Waals surface area contributed by atoms with Crippen LogP contribution in [-0.4, -0.2) is 21.9 Å². The first-order chi connectivity index (χ1) is 9.60.